The van der Waals surface area contributed by atoms with E-state index in [1.165, 1.54) is 0 Å². The summed E-state index contributed by atoms with van der Waals surface area (Å²) < 4.78 is 0. The van der Waals surface area contributed by atoms with Gasteiger partial charge in [-0.1, -0.05) is 13.3 Å². The second kappa shape index (κ2) is 7.19. The Kier molecular flexibility index (Phi) is 6.64. The Morgan fingerprint density at radius 3 is 2.40 bits per heavy atom. The molecule has 5 N–H and O–H groups in total. The number of rotatable bonds is 8. The van der Waals surface area contributed by atoms with E-state index >= 15 is 0 Å². The number of carbonyl (C=O) groups is 2. The molecule has 0 aliphatic carbocycles. The third kappa shape index (κ3) is 6.87. The lowest BCUT2D eigenvalue weighted by Crippen LogP contribution is -2.43. The molecule has 0 fully saturated rings. The summed E-state index contributed by atoms with van der Waals surface area (Å²) in [6.07, 6.45) is 0.439. The Labute approximate surface area is 88.5 Å². The Balaban J connectivity index is 4.04. The van der Waals surface area contributed by atoms with Crippen LogP contribution in [0.1, 0.15) is 32.6 Å². The van der Waals surface area contributed by atoms with E-state index < -0.39 is 24.1 Å². The molecule has 0 aliphatic rings. The maximum Gasteiger partial charge on any atom is 0.320 e. The van der Waals surface area contributed by atoms with E-state index in [1.807, 2.05) is 6.92 Å². The first kappa shape index (κ1) is 13.9. The summed E-state index contributed by atoms with van der Waals surface area (Å²) >= 11 is 0. The van der Waals surface area contributed by atoms with Gasteiger partial charge in [0.25, 0.3) is 0 Å². The van der Waals surface area contributed by atoms with E-state index in [1.54, 1.807) is 0 Å². The van der Waals surface area contributed by atoms with Gasteiger partial charge in [0.15, 0.2) is 0 Å². The van der Waals surface area contributed by atoms with Crippen molar-refractivity contribution >= 4 is 11.9 Å². The average Bonchev–Trinajstić information content (AvgIpc) is 2.11. The highest BCUT2D eigenvalue weighted by Gasteiger charge is 2.20. The number of aliphatic hydroxyl groups excluding tert-OH is 1. The minimum absolute atomic E-state index is 0.0111. The minimum Gasteiger partial charge on any atom is -0.480 e. The molecule has 0 rings (SSSR count). The number of nitrogens with one attached hydrogen (secondary N) is 1. The van der Waals surface area contributed by atoms with Crippen molar-refractivity contribution in [3.8, 4) is 0 Å². The van der Waals surface area contributed by atoms with Crippen LogP contribution in [0, 0.1) is 0 Å². The Morgan fingerprint density at radius 2 is 2.00 bits per heavy atom. The number of hydrogen-bond donors (Lipinski definition) is 4. The zero-order chi connectivity index (χ0) is 11.8. The number of carboxylic acids is 1. The zero-order valence-electron chi connectivity index (χ0n) is 8.77. The van der Waals surface area contributed by atoms with Crippen molar-refractivity contribution in [2.75, 3.05) is 0 Å². The summed E-state index contributed by atoms with van der Waals surface area (Å²) in [5, 5.41) is 20.6. The molecule has 0 bridgehead atoms. The fraction of sp³-hybridized carbons (Fsp3) is 0.778. The van der Waals surface area contributed by atoms with Gasteiger partial charge in [0.05, 0.1) is 0 Å². The highest BCUT2D eigenvalue weighted by molar-refractivity contribution is 5.77. The first-order chi connectivity index (χ1) is 6.97. The fourth-order valence-corrected chi connectivity index (χ4v) is 1.15. The van der Waals surface area contributed by atoms with Crippen molar-refractivity contribution in [2.24, 2.45) is 5.73 Å². The summed E-state index contributed by atoms with van der Waals surface area (Å²) in [6.45, 7) is 1.88. The minimum atomic E-state index is -1.09. The first-order valence-electron chi connectivity index (χ1n) is 4.92. The lowest BCUT2D eigenvalue weighted by Gasteiger charge is -2.18. The van der Waals surface area contributed by atoms with Crippen molar-refractivity contribution in [1.29, 1.82) is 0 Å². The molecule has 0 aromatic carbocycles. The van der Waals surface area contributed by atoms with Crippen molar-refractivity contribution in [2.45, 2.75) is 44.9 Å². The number of aliphatic carboxylic acids is 1. The summed E-state index contributed by atoms with van der Waals surface area (Å²) in [5.41, 5.74) is 4.91. The predicted molar refractivity (Wildman–Crippen MR) is 53.9 cm³/mol. The number of carboxylic acid groups (broad SMARTS) is 1. The summed E-state index contributed by atoms with van der Waals surface area (Å²) in [4.78, 5) is 21.2. The third-order valence-electron chi connectivity index (χ3n) is 1.93. The molecule has 0 saturated carbocycles. The van der Waals surface area contributed by atoms with Crippen LogP contribution < -0.4 is 11.1 Å². The van der Waals surface area contributed by atoms with Crippen LogP contribution >= 0.6 is 0 Å². The highest BCUT2D eigenvalue weighted by Crippen LogP contribution is 2.01. The van der Waals surface area contributed by atoms with Crippen LogP contribution in [-0.4, -0.2) is 34.4 Å². The molecule has 0 aromatic heterocycles. The molecule has 1 amide bonds. The van der Waals surface area contributed by atoms with Crippen LogP contribution in [0.3, 0.4) is 0 Å². The van der Waals surface area contributed by atoms with E-state index in [0.717, 1.165) is 6.42 Å². The van der Waals surface area contributed by atoms with Gasteiger partial charge in [0.2, 0.25) is 5.91 Å². The lowest BCUT2D eigenvalue weighted by molar-refractivity contribution is -0.140. The van der Waals surface area contributed by atoms with Crippen LogP contribution in [0.15, 0.2) is 0 Å². The van der Waals surface area contributed by atoms with Crippen LogP contribution in [0.25, 0.3) is 0 Å². The predicted octanol–water partition coefficient (Wildman–Crippen LogP) is -0.587. The number of nitrogens with two attached hydrogens (primary N) is 1. The van der Waals surface area contributed by atoms with E-state index in [2.05, 4.69) is 5.32 Å². The third-order valence-corrected chi connectivity index (χ3v) is 1.93. The highest BCUT2D eigenvalue weighted by atomic mass is 16.4. The van der Waals surface area contributed by atoms with Crippen molar-refractivity contribution in [3.05, 3.63) is 0 Å². The van der Waals surface area contributed by atoms with Crippen molar-refractivity contribution < 1.29 is 19.8 Å². The first-order valence-corrected chi connectivity index (χ1v) is 4.92. The Morgan fingerprint density at radius 1 is 1.40 bits per heavy atom. The second-order valence-electron chi connectivity index (χ2n) is 3.37. The van der Waals surface area contributed by atoms with Gasteiger partial charge >= 0.3 is 5.97 Å². The van der Waals surface area contributed by atoms with Gasteiger partial charge < -0.3 is 15.9 Å². The fourth-order valence-electron chi connectivity index (χ4n) is 1.15. The SMILES string of the molecule is CCCC(O)NC(CCC(N)=O)C(=O)O. The second-order valence-corrected chi connectivity index (χ2v) is 3.37. The van der Waals surface area contributed by atoms with Gasteiger partial charge in [-0.05, 0) is 12.8 Å². The Bertz CT molecular complexity index is 220. The van der Waals surface area contributed by atoms with Crippen molar-refractivity contribution in [1.82, 2.24) is 5.32 Å². The molecule has 0 heterocycles. The number of primary amides is 1. The average molecular weight is 218 g/mol. The van der Waals surface area contributed by atoms with Crippen LogP contribution in [0.4, 0.5) is 0 Å². The van der Waals surface area contributed by atoms with Gasteiger partial charge in [0.1, 0.15) is 12.3 Å². The molecule has 0 spiro atoms. The Hall–Kier alpha value is -1.14. The molecular weight excluding hydrogens is 200 g/mol. The molecule has 0 radical (unpaired) electrons. The molecule has 6 nitrogen and oxygen atoms in total. The standard InChI is InChI=1S/C9H18N2O4/c1-2-3-8(13)11-6(9(14)15)4-5-7(10)12/h6,8,11,13H,2-5H2,1H3,(H2,10,12)(H,14,15). The molecule has 2 unspecified atom stereocenters. The van der Waals surface area contributed by atoms with E-state index in [0.29, 0.717) is 6.42 Å². The maximum atomic E-state index is 10.7. The van der Waals surface area contributed by atoms with Gasteiger partial charge in [-0.15, -0.1) is 0 Å². The zero-order valence-corrected chi connectivity index (χ0v) is 8.77. The molecular formula is C9H18N2O4. The number of amides is 1. The smallest absolute Gasteiger partial charge is 0.320 e. The summed E-state index contributed by atoms with van der Waals surface area (Å²) in [7, 11) is 0. The summed E-state index contributed by atoms with van der Waals surface area (Å²) in [6, 6.07) is -0.931. The largest absolute Gasteiger partial charge is 0.480 e. The topological polar surface area (TPSA) is 113 Å². The van der Waals surface area contributed by atoms with Crippen LogP contribution in [-0.2, 0) is 9.59 Å². The normalized spacial score (nSPS) is 14.5. The lowest BCUT2D eigenvalue weighted by atomic mass is 10.1. The maximum absolute atomic E-state index is 10.7. The van der Waals surface area contributed by atoms with Gasteiger partial charge in [0, 0.05) is 6.42 Å². The molecule has 15 heavy (non-hydrogen) atoms. The van der Waals surface area contributed by atoms with Crippen molar-refractivity contribution in [3.63, 3.8) is 0 Å². The molecule has 0 aliphatic heterocycles. The van der Waals surface area contributed by atoms with Gasteiger partial charge in [-0.2, -0.15) is 0 Å². The van der Waals surface area contributed by atoms with Gasteiger partial charge in [-0.25, -0.2) is 0 Å². The van der Waals surface area contributed by atoms with Crippen LogP contribution in [0.2, 0.25) is 0 Å². The van der Waals surface area contributed by atoms with Crippen LogP contribution in [0.5, 0.6) is 0 Å². The number of hydrogen-bond acceptors (Lipinski definition) is 4. The molecule has 88 valence electrons. The summed E-state index contributed by atoms with van der Waals surface area (Å²) in [5.74, 6) is -1.64. The van der Waals surface area contributed by atoms with E-state index in [9.17, 15) is 14.7 Å². The molecule has 6 heteroatoms. The number of carbonyl (C=O) groups excluding carboxylic acids is 1. The number of aliphatic hydroxyl groups is 1. The molecule has 2 atom stereocenters. The molecule has 0 saturated heterocycles. The van der Waals surface area contributed by atoms with E-state index in [-0.39, 0.29) is 12.8 Å². The monoisotopic (exact) mass is 218 g/mol. The molecule has 0 aromatic rings. The van der Waals surface area contributed by atoms with Gasteiger partial charge in [-0.3, -0.25) is 14.9 Å². The van der Waals surface area contributed by atoms with E-state index in [4.69, 9.17) is 10.8 Å². The quantitative estimate of drug-likeness (QED) is 0.407.